The highest BCUT2D eigenvalue weighted by atomic mass is 31.1. The molecule has 0 aliphatic carbocycles. The number of carbonyl (C=O) groups excluding carboxylic acids is 2. The first-order valence-electron chi connectivity index (χ1n) is 9.16. The van der Waals surface area contributed by atoms with Gasteiger partial charge in [-0.05, 0) is 31.2 Å². The second-order valence-corrected chi connectivity index (χ2v) is 9.22. The van der Waals surface area contributed by atoms with Crippen LogP contribution in [0.25, 0.3) is 0 Å². The number of hydrogen-bond acceptors (Lipinski definition) is 5. The fourth-order valence-corrected chi connectivity index (χ4v) is 5.82. The predicted octanol–water partition coefficient (Wildman–Crippen LogP) is 1.68. The minimum absolute atomic E-state index is 0.0702. The predicted molar refractivity (Wildman–Crippen MR) is 105 cm³/mol. The van der Waals surface area contributed by atoms with Crippen molar-refractivity contribution in [2.24, 2.45) is 0 Å². The van der Waals surface area contributed by atoms with Gasteiger partial charge in [-0.25, -0.2) is 4.39 Å². The SMILES string of the molecule is CN1CCCN2C(=O)c3c(O)c(=O)c(C(=O)NCc4ccc(F)cc4)cn3CP12. The molecule has 2 aliphatic rings. The van der Waals surface area contributed by atoms with Crippen LogP contribution in [-0.4, -0.2) is 51.0 Å². The molecule has 2 N–H and O–H groups in total. The van der Waals surface area contributed by atoms with Gasteiger partial charge in [0.1, 0.15) is 11.4 Å². The maximum absolute atomic E-state index is 13.0. The Labute approximate surface area is 167 Å². The number of carbonyl (C=O) groups is 2. The summed E-state index contributed by atoms with van der Waals surface area (Å²) < 4.78 is 18.3. The summed E-state index contributed by atoms with van der Waals surface area (Å²) in [6, 6.07) is 5.62. The number of amides is 2. The highest BCUT2D eigenvalue weighted by Gasteiger charge is 2.39. The van der Waals surface area contributed by atoms with Crippen molar-refractivity contribution in [2.45, 2.75) is 19.3 Å². The first-order valence-corrected chi connectivity index (χ1v) is 10.6. The van der Waals surface area contributed by atoms with Gasteiger partial charge < -0.3 is 19.7 Å². The zero-order valence-electron chi connectivity index (χ0n) is 15.8. The van der Waals surface area contributed by atoms with Crippen molar-refractivity contribution >= 4 is 20.0 Å². The Hall–Kier alpha value is -2.77. The molecule has 1 aromatic heterocycles. The molecular formula is C19H20FN4O4P. The molecular weight excluding hydrogens is 398 g/mol. The Kier molecular flexibility index (Phi) is 5.10. The van der Waals surface area contributed by atoms with Crippen LogP contribution in [-0.2, 0) is 12.8 Å². The normalized spacial score (nSPS) is 18.9. The third-order valence-corrected chi connectivity index (χ3v) is 7.59. The van der Waals surface area contributed by atoms with E-state index in [9.17, 15) is 23.9 Å². The molecule has 8 nitrogen and oxygen atoms in total. The van der Waals surface area contributed by atoms with Crippen LogP contribution in [0.1, 0.15) is 32.8 Å². The van der Waals surface area contributed by atoms with Crippen LogP contribution in [0.3, 0.4) is 0 Å². The molecule has 0 spiro atoms. The maximum atomic E-state index is 13.0. The Bertz CT molecular complexity index is 1040. The molecule has 1 unspecified atom stereocenters. The molecule has 152 valence electrons. The highest BCUT2D eigenvalue weighted by molar-refractivity contribution is 7.52. The van der Waals surface area contributed by atoms with Gasteiger partial charge in [-0.1, -0.05) is 12.1 Å². The monoisotopic (exact) mass is 418 g/mol. The first-order chi connectivity index (χ1) is 13.9. The van der Waals surface area contributed by atoms with Gasteiger partial charge in [0.25, 0.3) is 11.8 Å². The second-order valence-electron chi connectivity index (χ2n) is 7.02. The lowest BCUT2D eigenvalue weighted by atomic mass is 10.1. The summed E-state index contributed by atoms with van der Waals surface area (Å²) in [6.45, 7) is 1.55. The summed E-state index contributed by atoms with van der Waals surface area (Å²) in [7, 11) is 1.00. The molecule has 1 fully saturated rings. The average molecular weight is 418 g/mol. The summed E-state index contributed by atoms with van der Waals surface area (Å²) >= 11 is 0. The van der Waals surface area contributed by atoms with E-state index in [0.717, 1.165) is 13.0 Å². The molecule has 1 atom stereocenters. The summed E-state index contributed by atoms with van der Waals surface area (Å²) in [5.41, 5.74) is -0.513. The van der Waals surface area contributed by atoms with Gasteiger partial charge in [-0.15, -0.1) is 0 Å². The molecule has 2 amide bonds. The zero-order chi connectivity index (χ0) is 20.7. The Morgan fingerprint density at radius 3 is 2.69 bits per heavy atom. The maximum Gasteiger partial charge on any atom is 0.278 e. The molecule has 0 radical (unpaired) electrons. The summed E-state index contributed by atoms with van der Waals surface area (Å²) in [5.74, 6) is -2.13. The fourth-order valence-electron chi connectivity index (χ4n) is 3.54. The van der Waals surface area contributed by atoms with Crippen molar-refractivity contribution in [3.63, 3.8) is 0 Å². The molecule has 0 saturated carbocycles. The number of nitrogens with one attached hydrogen (secondary N) is 1. The Balaban J connectivity index is 1.62. The molecule has 1 saturated heterocycles. The lowest BCUT2D eigenvalue weighted by molar-refractivity contribution is 0.0818. The molecule has 1 aromatic carbocycles. The van der Waals surface area contributed by atoms with E-state index in [4.69, 9.17) is 0 Å². The van der Waals surface area contributed by atoms with Crippen LogP contribution >= 0.6 is 8.22 Å². The van der Waals surface area contributed by atoms with E-state index in [-0.39, 0.29) is 29.5 Å². The van der Waals surface area contributed by atoms with Gasteiger partial charge in [0.15, 0.2) is 11.4 Å². The summed E-state index contributed by atoms with van der Waals surface area (Å²) in [5, 5.41) is 13.0. The minimum Gasteiger partial charge on any atom is -0.503 e. The smallest absolute Gasteiger partial charge is 0.278 e. The van der Waals surface area contributed by atoms with Crippen molar-refractivity contribution in [3.05, 3.63) is 63.3 Å². The van der Waals surface area contributed by atoms with Crippen molar-refractivity contribution in [3.8, 4) is 5.75 Å². The number of nitrogens with zero attached hydrogens (tertiary/aromatic N) is 3. The van der Waals surface area contributed by atoms with E-state index >= 15 is 0 Å². The number of pyridine rings is 1. The van der Waals surface area contributed by atoms with E-state index in [1.54, 1.807) is 4.67 Å². The second kappa shape index (κ2) is 7.57. The number of benzene rings is 1. The lowest BCUT2D eigenvalue weighted by Gasteiger charge is -2.45. The number of rotatable bonds is 3. The quantitative estimate of drug-likeness (QED) is 0.740. The fraction of sp³-hybridized carbons (Fsp3) is 0.316. The molecule has 4 rings (SSSR count). The molecule has 10 heteroatoms. The van der Waals surface area contributed by atoms with Gasteiger partial charge in [0.05, 0.1) is 14.5 Å². The van der Waals surface area contributed by atoms with Crippen LogP contribution in [0.5, 0.6) is 5.75 Å². The van der Waals surface area contributed by atoms with Gasteiger partial charge in [0, 0.05) is 25.8 Å². The number of halogens is 1. The van der Waals surface area contributed by atoms with Crippen molar-refractivity contribution in [1.82, 2.24) is 19.2 Å². The number of aromatic hydroxyl groups is 1. The third kappa shape index (κ3) is 3.52. The topological polar surface area (TPSA) is 94.9 Å². The molecule has 29 heavy (non-hydrogen) atoms. The molecule has 3 heterocycles. The minimum atomic E-state index is -0.935. The van der Waals surface area contributed by atoms with Gasteiger partial charge >= 0.3 is 0 Å². The van der Waals surface area contributed by atoms with Crippen LogP contribution in [0, 0.1) is 5.82 Å². The summed E-state index contributed by atoms with van der Waals surface area (Å²) in [4.78, 5) is 38.0. The van der Waals surface area contributed by atoms with E-state index in [0.29, 0.717) is 18.4 Å². The molecule has 0 bridgehead atoms. The Morgan fingerprint density at radius 1 is 1.24 bits per heavy atom. The van der Waals surface area contributed by atoms with E-state index < -0.39 is 25.3 Å². The van der Waals surface area contributed by atoms with Crippen molar-refractivity contribution in [2.75, 3.05) is 20.1 Å². The van der Waals surface area contributed by atoms with Crippen LogP contribution < -0.4 is 10.7 Å². The van der Waals surface area contributed by atoms with Gasteiger partial charge in [-0.2, -0.15) is 0 Å². The van der Waals surface area contributed by atoms with Crippen molar-refractivity contribution < 1.29 is 19.1 Å². The molecule has 2 aliphatic heterocycles. The first kappa shape index (κ1) is 19.5. The standard InChI is InChI=1S/C19H20FN4O4P/c1-22-7-2-8-24-19(28)15-17(26)16(25)14(10-23(15)11-29(22)24)18(27)21-9-12-3-5-13(20)6-4-12/h3-6,10,26H,2,7-9,11H2,1H3,(H,21,27). The van der Waals surface area contributed by atoms with Crippen LogP contribution in [0.15, 0.2) is 35.3 Å². The molecule has 2 aromatic rings. The number of hydrogen-bond donors (Lipinski definition) is 2. The zero-order valence-corrected chi connectivity index (χ0v) is 16.7. The van der Waals surface area contributed by atoms with Crippen LogP contribution in [0.2, 0.25) is 0 Å². The van der Waals surface area contributed by atoms with Crippen molar-refractivity contribution in [1.29, 1.82) is 0 Å². The van der Waals surface area contributed by atoms with E-state index in [1.165, 1.54) is 35.0 Å². The van der Waals surface area contributed by atoms with Gasteiger partial charge in [0.2, 0.25) is 5.43 Å². The Morgan fingerprint density at radius 2 is 1.97 bits per heavy atom. The summed E-state index contributed by atoms with van der Waals surface area (Å²) in [6.07, 6.45) is 2.59. The average Bonchev–Trinajstić information content (AvgIpc) is 2.71. The van der Waals surface area contributed by atoms with Crippen LogP contribution in [0.4, 0.5) is 4.39 Å². The lowest BCUT2D eigenvalue weighted by Crippen LogP contribution is -2.44. The highest BCUT2D eigenvalue weighted by Crippen LogP contribution is 2.51. The number of fused-ring (bicyclic) bond motifs is 2. The number of aromatic nitrogens is 1. The van der Waals surface area contributed by atoms with E-state index in [2.05, 4.69) is 9.99 Å². The largest absolute Gasteiger partial charge is 0.503 e. The van der Waals surface area contributed by atoms with E-state index in [1.807, 2.05) is 7.05 Å². The van der Waals surface area contributed by atoms with Gasteiger partial charge in [-0.3, -0.25) is 19.1 Å². The third-order valence-electron chi connectivity index (χ3n) is 5.11.